The van der Waals surface area contributed by atoms with Crippen molar-refractivity contribution in [2.45, 2.75) is 11.4 Å². The van der Waals surface area contributed by atoms with Crippen LogP contribution in [-0.4, -0.2) is 24.5 Å². The van der Waals surface area contributed by atoms with Crippen LogP contribution in [0.1, 0.15) is 15.9 Å². The highest BCUT2D eigenvalue weighted by molar-refractivity contribution is 7.89. The second-order valence-electron chi connectivity index (χ2n) is 4.81. The molecule has 0 aliphatic heterocycles. The summed E-state index contributed by atoms with van der Waals surface area (Å²) in [4.78, 5) is 15.1. The van der Waals surface area contributed by atoms with Crippen molar-refractivity contribution in [3.63, 3.8) is 0 Å². The van der Waals surface area contributed by atoms with Gasteiger partial charge in [-0.2, -0.15) is 0 Å². The quantitative estimate of drug-likeness (QED) is 0.738. The lowest BCUT2D eigenvalue weighted by Crippen LogP contribution is -2.23. The van der Waals surface area contributed by atoms with Crippen molar-refractivity contribution >= 4 is 37.5 Å². The number of rotatable bonds is 5. The van der Waals surface area contributed by atoms with Crippen molar-refractivity contribution in [1.82, 2.24) is 9.71 Å². The number of carboxylic acids is 1. The lowest BCUT2D eigenvalue weighted by atomic mass is 10.1. The van der Waals surface area contributed by atoms with E-state index in [4.69, 9.17) is 5.11 Å². The van der Waals surface area contributed by atoms with Gasteiger partial charge in [0, 0.05) is 12.7 Å². The minimum absolute atomic E-state index is 0.00588. The summed E-state index contributed by atoms with van der Waals surface area (Å²) in [5.74, 6) is -1.05. The van der Waals surface area contributed by atoms with E-state index in [9.17, 15) is 13.2 Å². The number of aromatic carboxylic acids is 1. The number of carboxylic acid groups (broad SMARTS) is 1. The Labute approximate surface area is 136 Å². The fourth-order valence-corrected chi connectivity index (χ4v) is 3.89. The molecule has 0 aliphatic carbocycles. The number of aromatic nitrogens is 1. The van der Waals surface area contributed by atoms with Gasteiger partial charge < -0.3 is 5.11 Å². The van der Waals surface area contributed by atoms with Gasteiger partial charge in [-0.05, 0) is 35.2 Å². The molecule has 0 aliphatic rings. The van der Waals surface area contributed by atoms with Gasteiger partial charge in [0.25, 0.3) is 0 Å². The van der Waals surface area contributed by atoms with Crippen molar-refractivity contribution in [1.29, 1.82) is 0 Å². The second kappa shape index (κ2) is 6.07. The summed E-state index contributed by atoms with van der Waals surface area (Å²) < 4.78 is 27.9. The third-order valence-corrected chi connectivity index (χ3v) is 5.45. The highest BCUT2D eigenvalue weighted by Gasteiger charge is 2.15. The number of hydrogen-bond donors (Lipinski definition) is 2. The van der Waals surface area contributed by atoms with E-state index in [-0.39, 0.29) is 17.0 Å². The zero-order valence-corrected chi connectivity index (χ0v) is 13.4. The van der Waals surface area contributed by atoms with E-state index in [0.29, 0.717) is 5.56 Å². The third-order valence-electron chi connectivity index (χ3n) is 3.23. The number of carbonyl (C=O) groups is 1. The number of thiophene rings is 1. The molecule has 0 atom stereocenters. The monoisotopic (exact) mass is 348 g/mol. The molecular weight excluding hydrogens is 336 g/mol. The smallest absolute Gasteiger partial charge is 0.335 e. The maximum Gasteiger partial charge on any atom is 0.335 e. The number of nitrogens with zero attached hydrogens (tertiary/aromatic N) is 1. The zero-order chi connectivity index (χ0) is 16.4. The predicted molar refractivity (Wildman–Crippen MR) is 87.0 cm³/mol. The number of pyridine rings is 1. The fourth-order valence-electron chi connectivity index (χ4n) is 2.05. The SMILES string of the molecule is O=C(O)c1cccc(CNS(=O)(=O)c2cnc3ccsc3c2)c1. The van der Waals surface area contributed by atoms with E-state index in [1.165, 1.54) is 29.7 Å². The highest BCUT2D eigenvalue weighted by Crippen LogP contribution is 2.21. The van der Waals surface area contributed by atoms with E-state index < -0.39 is 16.0 Å². The minimum Gasteiger partial charge on any atom is -0.478 e. The van der Waals surface area contributed by atoms with E-state index in [0.717, 1.165) is 10.2 Å². The molecule has 6 nitrogen and oxygen atoms in total. The van der Waals surface area contributed by atoms with E-state index >= 15 is 0 Å². The van der Waals surface area contributed by atoms with Gasteiger partial charge >= 0.3 is 5.97 Å². The van der Waals surface area contributed by atoms with Crippen molar-refractivity contribution < 1.29 is 18.3 Å². The minimum atomic E-state index is -3.71. The number of fused-ring (bicyclic) bond motifs is 1. The summed E-state index contributed by atoms with van der Waals surface area (Å²) in [7, 11) is -3.71. The Morgan fingerprint density at radius 1 is 1.26 bits per heavy atom. The molecule has 0 amide bonds. The fraction of sp³-hybridized carbons (Fsp3) is 0.0667. The summed E-state index contributed by atoms with van der Waals surface area (Å²) in [6.45, 7) is 0.00588. The van der Waals surface area contributed by atoms with Crippen LogP contribution in [0.4, 0.5) is 0 Å². The number of sulfonamides is 1. The lowest BCUT2D eigenvalue weighted by molar-refractivity contribution is 0.0696. The zero-order valence-electron chi connectivity index (χ0n) is 11.8. The molecule has 2 aromatic heterocycles. The first-order chi connectivity index (χ1) is 11.0. The molecule has 2 N–H and O–H groups in total. The molecule has 118 valence electrons. The van der Waals surface area contributed by atoms with Crippen LogP contribution >= 0.6 is 11.3 Å². The van der Waals surface area contributed by atoms with Crippen LogP contribution in [0.2, 0.25) is 0 Å². The summed E-state index contributed by atoms with van der Waals surface area (Å²) in [6.07, 6.45) is 1.31. The Morgan fingerprint density at radius 3 is 2.87 bits per heavy atom. The molecule has 0 saturated carbocycles. The molecule has 3 rings (SSSR count). The second-order valence-corrected chi connectivity index (χ2v) is 7.52. The molecule has 8 heteroatoms. The van der Waals surface area contributed by atoms with Gasteiger partial charge in [0.05, 0.1) is 15.8 Å². The summed E-state index contributed by atoms with van der Waals surface area (Å²) in [5.41, 5.74) is 1.44. The van der Waals surface area contributed by atoms with Crippen LogP contribution in [0.3, 0.4) is 0 Å². The molecule has 0 radical (unpaired) electrons. The molecule has 0 spiro atoms. The first kappa shape index (κ1) is 15.6. The van der Waals surface area contributed by atoms with Gasteiger partial charge in [0.2, 0.25) is 10.0 Å². The first-order valence-corrected chi connectivity index (χ1v) is 8.97. The maximum absolute atomic E-state index is 12.3. The first-order valence-electron chi connectivity index (χ1n) is 6.61. The van der Waals surface area contributed by atoms with E-state index in [2.05, 4.69) is 9.71 Å². The average Bonchev–Trinajstić information content (AvgIpc) is 3.01. The molecule has 0 unspecified atom stereocenters. The molecule has 0 fully saturated rings. The van der Waals surface area contributed by atoms with Crippen LogP contribution in [0.15, 0.2) is 52.9 Å². The van der Waals surface area contributed by atoms with Crippen molar-refractivity contribution in [2.24, 2.45) is 0 Å². The molecular formula is C15H12N2O4S2. The number of hydrogen-bond acceptors (Lipinski definition) is 5. The topological polar surface area (TPSA) is 96.4 Å². The molecule has 23 heavy (non-hydrogen) atoms. The normalized spacial score (nSPS) is 11.7. The van der Waals surface area contributed by atoms with Crippen molar-refractivity contribution in [3.05, 3.63) is 59.1 Å². The largest absolute Gasteiger partial charge is 0.478 e. The Kier molecular flexibility index (Phi) is 4.12. The van der Waals surface area contributed by atoms with Crippen LogP contribution in [-0.2, 0) is 16.6 Å². The maximum atomic E-state index is 12.3. The Bertz CT molecular complexity index is 980. The van der Waals surface area contributed by atoms with Gasteiger partial charge in [0.15, 0.2) is 0 Å². The van der Waals surface area contributed by atoms with Gasteiger partial charge in [-0.3, -0.25) is 4.98 Å². The van der Waals surface area contributed by atoms with Crippen LogP contribution in [0.25, 0.3) is 10.2 Å². The van der Waals surface area contributed by atoms with Crippen LogP contribution in [0, 0.1) is 0 Å². The van der Waals surface area contributed by atoms with Gasteiger partial charge in [0.1, 0.15) is 4.90 Å². The van der Waals surface area contributed by atoms with Gasteiger partial charge in [-0.1, -0.05) is 12.1 Å². The standard InChI is InChI=1S/C15H12N2O4S2/c18-15(19)11-3-1-2-10(6-11)8-17-23(20,21)12-7-14-13(16-9-12)4-5-22-14/h1-7,9,17H,8H2,(H,18,19). The molecule has 0 bridgehead atoms. The summed E-state index contributed by atoms with van der Waals surface area (Å²) >= 11 is 1.42. The number of nitrogens with one attached hydrogen (secondary N) is 1. The van der Waals surface area contributed by atoms with E-state index in [1.54, 1.807) is 18.2 Å². The summed E-state index contributed by atoms with van der Waals surface area (Å²) in [5, 5.41) is 10.8. The Hall–Kier alpha value is -2.29. The van der Waals surface area contributed by atoms with Gasteiger partial charge in [-0.25, -0.2) is 17.9 Å². The van der Waals surface area contributed by atoms with Gasteiger partial charge in [-0.15, -0.1) is 11.3 Å². The lowest BCUT2D eigenvalue weighted by Gasteiger charge is -2.07. The highest BCUT2D eigenvalue weighted by atomic mass is 32.2. The molecule has 0 saturated heterocycles. The average molecular weight is 348 g/mol. The van der Waals surface area contributed by atoms with Crippen molar-refractivity contribution in [2.75, 3.05) is 0 Å². The molecule has 1 aromatic carbocycles. The molecule has 2 heterocycles. The van der Waals surface area contributed by atoms with Crippen LogP contribution < -0.4 is 4.72 Å². The third kappa shape index (κ3) is 3.39. The Morgan fingerprint density at radius 2 is 2.09 bits per heavy atom. The van der Waals surface area contributed by atoms with E-state index in [1.807, 2.05) is 11.4 Å². The Balaban J connectivity index is 1.81. The van der Waals surface area contributed by atoms with Crippen LogP contribution in [0.5, 0.6) is 0 Å². The predicted octanol–water partition coefficient (Wildman–Crippen LogP) is 2.47. The number of benzene rings is 1. The summed E-state index contributed by atoms with van der Waals surface area (Å²) in [6, 6.07) is 9.52. The molecule has 3 aromatic rings. The van der Waals surface area contributed by atoms with Crippen molar-refractivity contribution in [3.8, 4) is 0 Å².